The van der Waals surface area contributed by atoms with Crippen LogP contribution in [-0.2, 0) is 15.8 Å². The van der Waals surface area contributed by atoms with Crippen LogP contribution in [0.3, 0.4) is 0 Å². The first kappa shape index (κ1) is 13.1. The molecule has 16 heavy (non-hydrogen) atoms. The van der Waals surface area contributed by atoms with E-state index in [0.717, 1.165) is 4.31 Å². The number of sulfonamides is 1. The summed E-state index contributed by atoms with van der Waals surface area (Å²) in [7, 11) is -2.11. The van der Waals surface area contributed by atoms with Crippen molar-refractivity contribution in [1.29, 1.82) is 0 Å². The van der Waals surface area contributed by atoms with Crippen molar-refractivity contribution < 1.29 is 17.9 Å². The number of hydrogen-bond acceptors (Lipinski definition) is 3. The second-order valence-corrected chi connectivity index (χ2v) is 5.51. The van der Waals surface area contributed by atoms with E-state index in [-0.39, 0.29) is 18.9 Å². The Kier molecular flexibility index (Phi) is 4.40. The van der Waals surface area contributed by atoms with Crippen molar-refractivity contribution >= 4 is 10.0 Å². The molecule has 0 fully saturated rings. The van der Waals surface area contributed by atoms with Gasteiger partial charge in [0.15, 0.2) is 0 Å². The zero-order valence-electron chi connectivity index (χ0n) is 8.93. The van der Waals surface area contributed by atoms with E-state index in [1.165, 1.54) is 25.2 Å². The van der Waals surface area contributed by atoms with E-state index in [4.69, 9.17) is 5.11 Å². The number of likely N-dealkylation sites (N-methyl/N-ethyl adjacent to an activating group) is 1. The predicted octanol–water partition coefficient (Wildman–Crippen LogP) is 0.580. The molecule has 0 aliphatic carbocycles. The minimum atomic E-state index is -3.49. The van der Waals surface area contributed by atoms with Crippen LogP contribution in [0.2, 0.25) is 0 Å². The van der Waals surface area contributed by atoms with E-state index in [2.05, 4.69) is 0 Å². The SMILES string of the molecule is CN(CCO)S(=O)(=O)Cc1cccc(F)c1. The lowest BCUT2D eigenvalue weighted by Gasteiger charge is -2.15. The Hall–Kier alpha value is -0.980. The van der Waals surface area contributed by atoms with Crippen LogP contribution in [0.5, 0.6) is 0 Å². The van der Waals surface area contributed by atoms with Crippen LogP contribution in [0.1, 0.15) is 5.56 Å². The molecule has 0 atom stereocenters. The first-order valence-corrected chi connectivity index (χ1v) is 6.36. The highest BCUT2D eigenvalue weighted by molar-refractivity contribution is 7.88. The fourth-order valence-corrected chi connectivity index (χ4v) is 2.41. The molecule has 1 N–H and O–H groups in total. The Bertz CT molecular complexity index is 447. The largest absolute Gasteiger partial charge is 0.395 e. The molecule has 0 unspecified atom stereocenters. The van der Waals surface area contributed by atoms with Crippen LogP contribution in [0.4, 0.5) is 4.39 Å². The van der Waals surface area contributed by atoms with Gasteiger partial charge in [0.1, 0.15) is 5.82 Å². The van der Waals surface area contributed by atoms with Gasteiger partial charge >= 0.3 is 0 Å². The number of halogens is 1. The number of benzene rings is 1. The van der Waals surface area contributed by atoms with Gasteiger partial charge in [0.2, 0.25) is 10.0 Å². The van der Waals surface area contributed by atoms with Gasteiger partial charge in [-0.1, -0.05) is 12.1 Å². The minimum absolute atomic E-state index is 0.0393. The van der Waals surface area contributed by atoms with Crippen molar-refractivity contribution in [3.63, 3.8) is 0 Å². The summed E-state index contributed by atoms with van der Waals surface area (Å²) >= 11 is 0. The lowest BCUT2D eigenvalue weighted by Crippen LogP contribution is -2.30. The maximum absolute atomic E-state index is 12.8. The Morgan fingerprint density at radius 2 is 2.12 bits per heavy atom. The summed E-state index contributed by atoms with van der Waals surface area (Å²) in [5.74, 6) is -0.723. The van der Waals surface area contributed by atoms with Crippen molar-refractivity contribution in [3.05, 3.63) is 35.6 Å². The van der Waals surface area contributed by atoms with Crippen molar-refractivity contribution in [2.24, 2.45) is 0 Å². The third-order valence-electron chi connectivity index (χ3n) is 2.13. The summed E-state index contributed by atoms with van der Waals surface area (Å²) < 4.78 is 37.3. The smallest absolute Gasteiger partial charge is 0.218 e. The fourth-order valence-electron chi connectivity index (χ4n) is 1.23. The van der Waals surface area contributed by atoms with E-state index < -0.39 is 15.8 Å². The third kappa shape index (κ3) is 3.55. The summed E-state index contributed by atoms with van der Waals surface area (Å²) in [6.07, 6.45) is 0. The lowest BCUT2D eigenvalue weighted by molar-refractivity contribution is 0.266. The Balaban J connectivity index is 2.80. The van der Waals surface area contributed by atoms with Gasteiger partial charge in [-0.25, -0.2) is 17.1 Å². The van der Waals surface area contributed by atoms with Crippen LogP contribution in [0, 0.1) is 5.82 Å². The molecule has 1 aromatic rings. The second-order valence-electron chi connectivity index (χ2n) is 3.43. The highest BCUT2D eigenvalue weighted by atomic mass is 32.2. The van der Waals surface area contributed by atoms with E-state index >= 15 is 0 Å². The highest BCUT2D eigenvalue weighted by Gasteiger charge is 2.17. The fraction of sp³-hybridized carbons (Fsp3) is 0.400. The van der Waals surface area contributed by atoms with Crippen LogP contribution in [0.25, 0.3) is 0 Å². The number of aliphatic hydroxyl groups excluding tert-OH is 1. The first-order valence-electron chi connectivity index (χ1n) is 4.75. The van der Waals surface area contributed by atoms with Crippen molar-refractivity contribution in [3.8, 4) is 0 Å². The molecule has 0 aliphatic rings. The molecule has 0 spiro atoms. The van der Waals surface area contributed by atoms with Gasteiger partial charge in [0.25, 0.3) is 0 Å². The summed E-state index contributed by atoms with van der Waals surface area (Å²) in [5.41, 5.74) is 0.393. The Morgan fingerprint density at radius 1 is 1.44 bits per heavy atom. The topological polar surface area (TPSA) is 57.6 Å². The minimum Gasteiger partial charge on any atom is -0.395 e. The standard InChI is InChI=1S/C10H14FNO3S/c1-12(5-6-13)16(14,15)8-9-3-2-4-10(11)7-9/h2-4,7,13H,5-6,8H2,1H3. The number of nitrogens with zero attached hydrogens (tertiary/aromatic N) is 1. The predicted molar refractivity (Wildman–Crippen MR) is 58.7 cm³/mol. The zero-order valence-corrected chi connectivity index (χ0v) is 9.74. The summed E-state index contributed by atoms with van der Waals surface area (Å²) in [6.45, 7) is -0.198. The van der Waals surface area contributed by atoms with Crippen molar-refractivity contribution in [2.45, 2.75) is 5.75 Å². The summed E-state index contributed by atoms with van der Waals surface area (Å²) in [5, 5.41) is 8.64. The van der Waals surface area contributed by atoms with Crippen molar-refractivity contribution in [2.75, 3.05) is 20.2 Å². The van der Waals surface area contributed by atoms with E-state index in [1.54, 1.807) is 6.07 Å². The molecule has 0 amide bonds. The average Bonchev–Trinajstić information content (AvgIpc) is 2.17. The molecule has 0 saturated heterocycles. The van der Waals surface area contributed by atoms with Crippen LogP contribution in [-0.4, -0.2) is 38.0 Å². The molecule has 0 aliphatic heterocycles. The second kappa shape index (κ2) is 5.38. The third-order valence-corrected chi connectivity index (χ3v) is 3.96. The quantitative estimate of drug-likeness (QED) is 0.828. The molecular weight excluding hydrogens is 233 g/mol. The van der Waals surface area contributed by atoms with Gasteiger partial charge in [0, 0.05) is 13.6 Å². The van der Waals surface area contributed by atoms with E-state index in [0.29, 0.717) is 5.56 Å². The molecule has 0 saturated carbocycles. The summed E-state index contributed by atoms with van der Waals surface area (Å²) in [4.78, 5) is 0. The van der Waals surface area contributed by atoms with Gasteiger partial charge in [-0.3, -0.25) is 0 Å². The van der Waals surface area contributed by atoms with Crippen LogP contribution in [0.15, 0.2) is 24.3 Å². The highest BCUT2D eigenvalue weighted by Crippen LogP contribution is 2.10. The molecule has 1 aromatic carbocycles. The molecule has 0 aromatic heterocycles. The Labute approximate surface area is 94.4 Å². The number of rotatable bonds is 5. The van der Waals surface area contributed by atoms with Gasteiger partial charge in [-0.2, -0.15) is 0 Å². The molecule has 0 bridgehead atoms. The van der Waals surface area contributed by atoms with Crippen LogP contribution < -0.4 is 0 Å². The maximum atomic E-state index is 12.8. The number of aliphatic hydroxyl groups is 1. The van der Waals surface area contributed by atoms with Gasteiger partial charge in [-0.15, -0.1) is 0 Å². The molecule has 4 nitrogen and oxygen atoms in total. The summed E-state index contributed by atoms with van der Waals surface area (Å²) in [6, 6.07) is 5.46. The van der Waals surface area contributed by atoms with E-state index in [1.807, 2.05) is 0 Å². The zero-order chi connectivity index (χ0) is 12.2. The monoisotopic (exact) mass is 247 g/mol. The normalized spacial score (nSPS) is 12.0. The molecule has 0 radical (unpaired) electrons. The first-order chi connectivity index (χ1) is 7.45. The molecule has 6 heteroatoms. The maximum Gasteiger partial charge on any atom is 0.218 e. The molecule has 0 heterocycles. The van der Waals surface area contributed by atoms with E-state index in [9.17, 15) is 12.8 Å². The molecule has 90 valence electrons. The Morgan fingerprint density at radius 3 is 2.69 bits per heavy atom. The lowest BCUT2D eigenvalue weighted by atomic mass is 10.2. The van der Waals surface area contributed by atoms with Gasteiger partial charge in [0.05, 0.1) is 12.4 Å². The average molecular weight is 247 g/mol. The van der Waals surface area contributed by atoms with Gasteiger partial charge < -0.3 is 5.11 Å². The van der Waals surface area contributed by atoms with Crippen molar-refractivity contribution in [1.82, 2.24) is 4.31 Å². The molecular formula is C10H14FNO3S. The van der Waals surface area contributed by atoms with Gasteiger partial charge in [-0.05, 0) is 17.7 Å². The molecule has 1 rings (SSSR count). The van der Waals surface area contributed by atoms with Crippen LogP contribution >= 0.6 is 0 Å². The number of hydrogen-bond donors (Lipinski definition) is 1.